The standard InChI is InChI=1S/C11H13BrN2O/c1-7(8-2-3-8)14-11(15)10-5-4-9(12)6-13-10/h4-8H,2-3H2,1H3,(H,14,15)/t7-/m0/s1. The highest BCUT2D eigenvalue weighted by Crippen LogP contribution is 2.32. The lowest BCUT2D eigenvalue weighted by Gasteiger charge is -2.11. The molecule has 80 valence electrons. The smallest absolute Gasteiger partial charge is 0.270 e. The average Bonchev–Trinajstić information content (AvgIpc) is 3.01. The fourth-order valence-electron chi connectivity index (χ4n) is 1.50. The first-order chi connectivity index (χ1) is 7.16. The summed E-state index contributed by atoms with van der Waals surface area (Å²) in [7, 11) is 0. The number of nitrogens with zero attached hydrogens (tertiary/aromatic N) is 1. The van der Waals surface area contributed by atoms with Gasteiger partial charge in [0.2, 0.25) is 0 Å². The van der Waals surface area contributed by atoms with Gasteiger partial charge >= 0.3 is 0 Å². The van der Waals surface area contributed by atoms with E-state index in [1.165, 1.54) is 12.8 Å². The SMILES string of the molecule is C[C@H](NC(=O)c1ccc(Br)cn1)C1CC1. The molecule has 0 radical (unpaired) electrons. The minimum Gasteiger partial charge on any atom is -0.348 e. The monoisotopic (exact) mass is 268 g/mol. The largest absolute Gasteiger partial charge is 0.348 e. The van der Waals surface area contributed by atoms with E-state index in [0.717, 1.165) is 4.47 Å². The molecule has 1 amide bonds. The third-order valence-electron chi connectivity index (χ3n) is 2.65. The van der Waals surface area contributed by atoms with Crippen LogP contribution in [-0.4, -0.2) is 16.9 Å². The highest BCUT2D eigenvalue weighted by Gasteiger charge is 2.29. The second-order valence-corrected chi connectivity index (χ2v) is 4.88. The molecule has 0 saturated heterocycles. The van der Waals surface area contributed by atoms with E-state index in [-0.39, 0.29) is 11.9 Å². The fourth-order valence-corrected chi connectivity index (χ4v) is 1.74. The van der Waals surface area contributed by atoms with Crippen LogP contribution in [0.2, 0.25) is 0 Å². The lowest BCUT2D eigenvalue weighted by molar-refractivity contribution is 0.0931. The zero-order valence-corrected chi connectivity index (χ0v) is 10.1. The predicted octanol–water partition coefficient (Wildman–Crippen LogP) is 2.37. The second kappa shape index (κ2) is 4.31. The molecule has 1 aromatic rings. The van der Waals surface area contributed by atoms with Crippen LogP contribution in [-0.2, 0) is 0 Å². The molecular weight excluding hydrogens is 256 g/mol. The molecule has 1 fully saturated rings. The van der Waals surface area contributed by atoms with Crippen LogP contribution in [0, 0.1) is 5.92 Å². The van der Waals surface area contributed by atoms with E-state index in [1.807, 2.05) is 6.07 Å². The minimum atomic E-state index is -0.0816. The van der Waals surface area contributed by atoms with Crippen LogP contribution in [0.4, 0.5) is 0 Å². The van der Waals surface area contributed by atoms with Crippen LogP contribution in [0.5, 0.6) is 0 Å². The van der Waals surface area contributed by atoms with E-state index >= 15 is 0 Å². The number of amides is 1. The van der Waals surface area contributed by atoms with Gasteiger partial charge in [0.15, 0.2) is 0 Å². The van der Waals surface area contributed by atoms with Gasteiger partial charge in [0.25, 0.3) is 5.91 Å². The van der Waals surface area contributed by atoms with Gasteiger partial charge < -0.3 is 5.32 Å². The van der Waals surface area contributed by atoms with E-state index in [2.05, 4.69) is 33.2 Å². The van der Waals surface area contributed by atoms with Crippen molar-refractivity contribution in [1.29, 1.82) is 0 Å². The maximum atomic E-state index is 11.7. The Kier molecular flexibility index (Phi) is 3.05. The lowest BCUT2D eigenvalue weighted by Crippen LogP contribution is -2.34. The third-order valence-corrected chi connectivity index (χ3v) is 3.12. The van der Waals surface area contributed by atoms with Crippen molar-refractivity contribution in [3.63, 3.8) is 0 Å². The molecule has 0 aromatic carbocycles. The molecule has 15 heavy (non-hydrogen) atoms. The topological polar surface area (TPSA) is 42.0 Å². The van der Waals surface area contributed by atoms with Crippen molar-refractivity contribution in [3.05, 3.63) is 28.5 Å². The summed E-state index contributed by atoms with van der Waals surface area (Å²) in [4.78, 5) is 15.8. The van der Waals surface area contributed by atoms with E-state index in [0.29, 0.717) is 11.6 Å². The Labute approximate surface area is 97.4 Å². The molecule has 1 aliphatic rings. The normalized spacial score (nSPS) is 17.2. The predicted molar refractivity (Wildman–Crippen MR) is 61.6 cm³/mol. The van der Waals surface area contributed by atoms with E-state index < -0.39 is 0 Å². The summed E-state index contributed by atoms with van der Waals surface area (Å²) < 4.78 is 0.884. The Morgan fingerprint density at radius 3 is 2.87 bits per heavy atom. The van der Waals surface area contributed by atoms with Crippen LogP contribution in [0.3, 0.4) is 0 Å². The minimum absolute atomic E-state index is 0.0816. The Balaban J connectivity index is 1.97. The first-order valence-electron chi connectivity index (χ1n) is 5.09. The van der Waals surface area contributed by atoms with Crippen molar-refractivity contribution in [2.24, 2.45) is 5.92 Å². The highest BCUT2D eigenvalue weighted by atomic mass is 79.9. The summed E-state index contributed by atoms with van der Waals surface area (Å²) in [5, 5.41) is 2.96. The number of halogens is 1. The van der Waals surface area contributed by atoms with E-state index in [4.69, 9.17) is 0 Å². The average molecular weight is 269 g/mol. The first-order valence-corrected chi connectivity index (χ1v) is 5.88. The van der Waals surface area contributed by atoms with Gasteiger partial charge in [0.05, 0.1) is 0 Å². The van der Waals surface area contributed by atoms with Gasteiger partial charge in [-0.1, -0.05) is 0 Å². The van der Waals surface area contributed by atoms with Gasteiger partial charge in [-0.3, -0.25) is 4.79 Å². The van der Waals surface area contributed by atoms with Gasteiger partial charge in [0, 0.05) is 16.7 Å². The van der Waals surface area contributed by atoms with Gasteiger partial charge in [-0.25, -0.2) is 4.98 Å². The van der Waals surface area contributed by atoms with Crippen LogP contribution in [0.1, 0.15) is 30.3 Å². The molecule has 1 atom stereocenters. The van der Waals surface area contributed by atoms with Crippen LogP contribution in [0.15, 0.2) is 22.8 Å². The number of rotatable bonds is 3. The molecule has 0 aliphatic heterocycles. The van der Waals surface area contributed by atoms with Crippen LogP contribution < -0.4 is 5.32 Å². The molecule has 1 aliphatic carbocycles. The highest BCUT2D eigenvalue weighted by molar-refractivity contribution is 9.10. The number of hydrogen-bond donors (Lipinski definition) is 1. The van der Waals surface area contributed by atoms with Crippen molar-refractivity contribution < 1.29 is 4.79 Å². The fraction of sp³-hybridized carbons (Fsp3) is 0.455. The maximum Gasteiger partial charge on any atom is 0.270 e. The number of nitrogens with one attached hydrogen (secondary N) is 1. The van der Waals surface area contributed by atoms with Gasteiger partial charge in [-0.15, -0.1) is 0 Å². The Morgan fingerprint density at radius 1 is 1.60 bits per heavy atom. The van der Waals surface area contributed by atoms with Crippen molar-refractivity contribution >= 4 is 21.8 Å². The molecule has 1 N–H and O–H groups in total. The summed E-state index contributed by atoms with van der Waals surface area (Å²) in [6.07, 6.45) is 4.10. The van der Waals surface area contributed by atoms with Gasteiger partial charge in [0.1, 0.15) is 5.69 Å². The number of aromatic nitrogens is 1. The molecule has 2 rings (SSSR count). The van der Waals surface area contributed by atoms with Crippen molar-refractivity contribution in [2.45, 2.75) is 25.8 Å². The Bertz CT molecular complexity index is 359. The zero-order valence-electron chi connectivity index (χ0n) is 8.53. The van der Waals surface area contributed by atoms with Crippen molar-refractivity contribution in [2.75, 3.05) is 0 Å². The van der Waals surface area contributed by atoms with E-state index in [1.54, 1.807) is 12.3 Å². The number of hydrogen-bond acceptors (Lipinski definition) is 2. The molecule has 1 heterocycles. The summed E-state index contributed by atoms with van der Waals surface area (Å²) in [6.45, 7) is 2.05. The molecule has 0 spiro atoms. The Morgan fingerprint density at radius 2 is 2.33 bits per heavy atom. The summed E-state index contributed by atoms with van der Waals surface area (Å²) in [5.74, 6) is 0.589. The molecule has 3 nitrogen and oxygen atoms in total. The summed E-state index contributed by atoms with van der Waals surface area (Å²) in [6, 6.07) is 3.81. The quantitative estimate of drug-likeness (QED) is 0.915. The Hall–Kier alpha value is -0.900. The van der Waals surface area contributed by atoms with Crippen LogP contribution in [0.25, 0.3) is 0 Å². The second-order valence-electron chi connectivity index (χ2n) is 3.96. The van der Waals surface area contributed by atoms with Gasteiger partial charge in [-0.2, -0.15) is 0 Å². The first kappa shape index (κ1) is 10.6. The molecule has 0 bridgehead atoms. The zero-order chi connectivity index (χ0) is 10.8. The summed E-state index contributed by atoms with van der Waals surface area (Å²) >= 11 is 3.28. The molecule has 1 saturated carbocycles. The van der Waals surface area contributed by atoms with Crippen molar-refractivity contribution in [1.82, 2.24) is 10.3 Å². The number of carbonyl (C=O) groups excluding carboxylic acids is 1. The summed E-state index contributed by atoms with van der Waals surface area (Å²) in [5.41, 5.74) is 0.478. The van der Waals surface area contributed by atoms with Crippen LogP contribution >= 0.6 is 15.9 Å². The maximum absolute atomic E-state index is 11.7. The number of pyridine rings is 1. The molecule has 1 aromatic heterocycles. The lowest BCUT2D eigenvalue weighted by atomic mass is 10.2. The van der Waals surface area contributed by atoms with Crippen molar-refractivity contribution in [3.8, 4) is 0 Å². The van der Waals surface area contributed by atoms with Gasteiger partial charge in [-0.05, 0) is 53.7 Å². The van der Waals surface area contributed by atoms with E-state index in [9.17, 15) is 4.79 Å². The molecule has 0 unspecified atom stereocenters. The number of carbonyl (C=O) groups is 1. The third kappa shape index (κ3) is 2.78. The molecule has 4 heteroatoms. The molecular formula is C11H13BrN2O.